The molecule has 0 aromatic heterocycles. The van der Waals surface area contributed by atoms with Crippen molar-refractivity contribution in [2.75, 3.05) is 46.2 Å². The molecule has 1 aliphatic rings. The molecule has 2 rings (SSSR count). The van der Waals surface area contributed by atoms with Crippen LogP contribution in [0.5, 0.6) is 0 Å². The van der Waals surface area contributed by atoms with Gasteiger partial charge in [0.2, 0.25) is 0 Å². The number of rotatable bonds is 7. The number of amides is 1. The Kier molecular flexibility index (Phi) is 7.20. The highest BCUT2D eigenvalue weighted by Crippen LogP contribution is 2.16. The largest absolute Gasteiger partial charge is 0.383 e. The van der Waals surface area contributed by atoms with E-state index in [4.69, 9.17) is 4.74 Å². The quantitative estimate of drug-likeness (QED) is 0.819. The van der Waals surface area contributed by atoms with E-state index >= 15 is 0 Å². The van der Waals surface area contributed by atoms with Crippen molar-refractivity contribution < 1.29 is 13.7 Å². The molecule has 128 valence electrons. The van der Waals surface area contributed by atoms with Gasteiger partial charge in [0, 0.05) is 47.7 Å². The van der Waals surface area contributed by atoms with Crippen LogP contribution in [0, 0.1) is 5.92 Å². The Labute approximate surface area is 140 Å². The molecule has 1 fully saturated rings. The zero-order valence-electron chi connectivity index (χ0n) is 13.9. The smallest absolute Gasteiger partial charge is 0.251 e. The van der Waals surface area contributed by atoms with Crippen molar-refractivity contribution in [2.45, 2.75) is 17.7 Å². The fraction of sp³-hybridized carbons (Fsp3) is 0.588. The molecule has 1 amide bonds. The Bertz CT molecular complexity index is 525. The number of ether oxygens (including phenoxy) is 1. The summed E-state index contributed by atoms with van der Waals surface area (Å²) < 4.78 is 16.5. The first-order valence-corrected chi connectivity index (χ1v) is 9.59. The maximum absolute atomic E-state index is 12.2. The number of nitrogens with zero attached hydrogens (tertiary/aromatic N) is 1. The van der Waals surface area contributed by atoms with Gasteiger partial charge in [-0.15, -0.1) is 0 Å². The third-order valence-electron chi connectivity index (χ3n) is 4.32. The summed E-state index contributed by atoms with van der Waals surface area (Å²) in [5.41, 5.74) is 0.622. The van der Waals surface area contributed by atoms with Crippen LogP contribution in [0.2, 0.25) is 0 Å². The highest BCUT2D eigenvalue weighted by molar-refractivity contribution is 7.84. The first kappa shape index (κ1) is 18.1. The number of carbonyl (C=O) groups excluding carboxylic acids is 1. The highest BCUT2D eigenvalue weighted by Gasteiger charge is 2.19. The molecule has 1 N–H and O–H groups in total. The lowest BCUT2D eigenvalue weighted by atomic mass is 9.96. The lowest BCUT2D eigenvalue weighted by Gasteiger charge is -2.31. The predicted octanol–water partition coefficient (Wildman–Crippen LogP) is 1.51. The number of likely N-dealkylation sites (tertiary alicyclic amines) is 1. The van der Waals surface area contributed by atoms with Crippen LogP contribution in [0.1, 0.15) is 23.2 Å². The van der Waals surface area contributed by atoms with E-state index in [1.807, 2.05) is 0 Å². The van der Waals surface area contributed by atoms with Gasteiger partial charge in [0.25, 0.3) is 5.91 Å². The number of methoxy groups -OCH3 is 1. The summed E-state index contributed by atoms with van der Waals surface area (Å²) in [6.45, 7) is 4.63. The molecule has 1 atom stereocenters. The van der Waals surface area contributed by atoms with E-state index in [1.165, 1.54) is 0 Å². The molecule has 1 unspecified atom stereocenters. The first-order chi connectivity index (χ1) is 11.1. The summed E-state index contributed by atoms with van der Waals surface area (Å²) in [4.78, 5) is 15.3. The Balaban J connectivity index is 1.73. The van der Waals surface area contributed by atoms with Crippen molar-refractivity contribution in [3.05, 3.63) is 29.8 Å². The number of carbonyl (C=O) groups is 1. The maximum atomic E-state index is 12.2. The van der Waals surface area contributed by atoms with E-state index < -0.39 is 10.8 Å². The Morgan fingerprint density at radius 2 is 1.96 bits per heavy atom. The second-order valence-electron chi connectivity index (χ2n) is 5.97. The first-order valence-electron chi connectivity index (χ1n) is 8.03. The lowest BCUT2D eigenvalue weighted by Crippen LogP contribution is -2.39. The summed E-state index contributed by atoms with van der Waals surface area (Å²) in [6.07, 6.45) is 3.85. The highest BCUT2D eigenvalue weighted by atomic mass is 32.2. The molecule has 0 bridgehead atoms. The van der Waals surface area contributed by atoms with Gasteiger partial charge in [-0.1, -0.05) is 0 Å². The average molecular weight is 338 g/mol. The summed E-state index contributed by atoms with van der Waals surface area (Å²) in [5, 5.41) is 3.02. The van der Waals surface area contributed by atoms with Crippen LogP contribution in [-0.4, -0.2) is 61.2 Å². The van der Waals surface area contributed by atoms with Crippen molar-refractivity contribution in [1.82, 2.24) is 10.2 Å². The summed E-state index contributed by atoms with van der Waals surface area (Å²) >= 11 is 0. The molecule has 23 heavy (non-hydrogen) atoms. The van der Waals surface area contributed by atoms with Crippen molar-refractivity contribution in [2.24, 2.45) is 5.92 Å². The third kappa shape index (κ3) is 5.71. The fourth-order valence-corrected chi connectivity index (χ4v) is 3.29. The lowest BCUT2D eigenvalue weighted by molar-refractivity contribution is 0.0926. The Hall–Kier alpha value is -1.24. The molecule has 5 nitrogen and oxygen atoms in total. The van der Waals surface area contributed by atoms with Gasteiger partial charge < -0.3 is 15.0 Å². The molecule has 1 aromatic rings. The van der Waals surface area contributed by atoms with Gasteiger partial charge in [-0.25, -0.2) is 0 Å². The van der Waals surface area contributed by atoms with Crippen LogP contribution >= 0.6 is 0 Å². The number of piperidine rings is 1. The van der Waals surface area contributed by atoms with Crippen molar-refractivity contribution in [1.29, 1.82) is 0 Å². The summed E-state index contributed by atoms with van der Waals surface area (Å²) in [5.74, 6) is 0.486. The SMILES string of the molecule is COCCN1CCC(CNC(=O)c2ccc(S(C)=O)cc2)CC1. The molecule has 1 aromatic carbocycles. The summed E-state index contributed by atoms with van der Waals surface area (Å²) in [7, 11) is 0.720. The minimum atomic E-state index is -1.01. The monoisotopic (exact) mass is 338 g/mol. The molecule has 0 radical (unpaired) electrons. The molecule has 1 saturated heterocycles. The molecular weight excluding hydrogens is 312 g/mol. The average Bonchev–Trinajstić information content (AvgIpc) is 2.58. The fourth-order valence-electron chi connectivity index (χ4n) is 2.77. The van der Waals surface area contributed by atoms with Gasteiger partial charge in [0.05, 0.1) is 6.61 Å². The van der Waals surface area contributed by atoms with Gasteiger partial charge >= 0.3 is 0 Å². The minimum Gasteiger partial charge on any atom is -0.383 e. The van der Waals surface area contributed by atoms with Gasteiger partial charge in [-0.2, -0.15) is 0 Å². The van der Waals surface area contributed by atoms with Crippen molar-refractivity contribution in [3.63, 3.8) is 0 Å². The number of hydrogen-bond acceptors (Lipinski definition) is 4. The van der Waals surface area contributed by atoms with Crippen molar-refractivity contribution >= 4 is 16.7 Å². The zero-order chi connectivity index (χ0) is 16.7. The van der Waals surface area contributed by atoms with E-state index in [0.29, 0.717) is 11.5 Å². The van der Waals surface area contributed by atoms with E-state index in [2.05, 4.69) is 10.2 Å². The van der Waals surface area contributed by atoms with E-state index in [-0.39, 0.29) is 5.91 Å². The van der Waals surface area contributed by atoms with Gasteiger partial charge in [0.1, 0.15) is 0 Å². The Morgan fingerprint density at radius 1 is 1.30 bits per heavy atom. The van der Waals surface area contributed by atoms with Gasteiger partial charge in [-0.05, 0) is 56.1 Å². The number of benzene rings is 1. The van der Waals surface area contributed by atoms with E-state index in [9.17, 15) is 9.00 Å². The molecule has 0 aliphatic carbocycles. The molecule has 0 spiro atoms. The number of nitrogens with one attached hydrogen (secondary N) is 1. The van der Waals surface area contributed by atoms with Crippen LogP contribution in [0.3, 0.4) is 0 Å². The van der Waals surface area contributed by atoms with Crippen LogP contribution in [0.15, 0.2) is 29.2 Å². The Morgan fingerprint density at radius 3 is 2.52 bits per heavy atom. The maximum Gasteiger partial charge on any atom is 0.251 e. The van der Waals surface area contributed by atoms with E-state index in [0.717, 1.165) is 50.5 Å². The molecule has 1 aliphatic heterocycles. The van der Waals surface area contributed by atoms with Crippen LogP contribution in [0.25, 0.3) is 0 Å². The second kappa shape index (κ2) is 9.15. The van der Waals surface area contributed by atoms with E-state index in [1.54, 1.807) is 37.6 Å². The second-order valence-corrected chi connectivity index (χ2v) is 7.35. The van der Waals surface area contributed by atoms with Crippen LogP contribution < -0.4 is 5.32 Å². The molecule has 1 heterocycles. The minimum absolute atomic E-state index is 0.0553. The van der Waals surface area contributed by atoms with Crippen LogP contribution in [0.4, 0.5) is 0 Å². The van der Waals surface area contributed by atoms with Gasteiger partial charge in [0.15, 0.2) is 0 Å². The molecule has 6 heteroatoms. The normalized spacial score (nSPS) is 17.8. The van der Waals surface area contributed by atoms with Crippen LogP contribution in [-0.2, 0) is 15.5 Å². The molecular formula is C17H26N2O3S. The zero-order valence-corrected chi connectivity index (χ0v) is 14.7. The predicted molar refractivity (Wildman–Crippen MR) is 92.1 cm³/mol. The standard InChI is InChI=1S/C17H26N2O3S/c1-22-12-11-19-9-7-14(8-10-19)13-18-17(20)15-3-5-16(6-4-15)23(2)21/h3-6,14H,7-13H2,1-2H3,(H,18,20). The molecule has 0 saturated carbocycles. The topological polar surface area (TPSA) is 58.6 Å². The van der Waals surface area contributed by atoms with Gasteiger partial charge in [-0.3, -0.25) is 9.00 Å². The number of hydrogen-bond donors (Lipinski definition) is 1. The third-order valence-corrected chi connectivity index (χ3v) is 5.25. The van der Waals surface area contributed by atoms with Crippen molar-refractivity contribution in [3.8, 4) is 0 Å². The summed E-state index contributed by atoms with van der Waals surface area (Å²) in [6, 6.07) is 6.97.